The molecule has 0 radical (unpaired) electrons. The van der Waals surface area contributed by atoms with Gasteiger partial charge in [0.15, 0.2) is 6.61 Å². The van der Waals surface area contributed by atoms with Crippen LogP contribution in [0.5, 0.6) is 0 Å². The van der Waals surface area contributed by atoms with E-state index < -0.39 is 5.97 Å². The number of hydrogen-bond donors (Lipinski definition) is 2. The van der Waals surface area contributed by atoms with E-state index >= 15 is 0 Å². The Labute approximate surface area is 149 Å². The molecule has 0 aliphatic rings. The number of benzene rings is 2. The lowest BCUT2D eigenvalue weighted by Crippen LogP contribution is -2.31. The number of esters is 1. The minimum atomic E-state index is -0.538. The van der Waals surface area contributed by atoms with Gasteiger partial charge in [0, 0.05) is 17.2 Å². The zero-order valence-corrected chi connectivity index (χ0v) is 15.1. The number of rotatable bonds is 6. The minimum absolute atomic E-state index is 0.198. The van der Waals surface area contributed by atoms with Gasteiger partial charge in [-0.05, 0) is 30.7 Å². The summed E-state index contributed by atoms with van der Waals surface area (Å²) in [6.07, 6.45) is 0. The van der Waals surface area contributed by atoms with E-state index in [9.17, 15) is 9.59 Å². The Hall–Kier alpha value is -2.34. The van der Waals surface area contributed by atoms with Gasteiger partial charge in [-0.1, -0.05) is 46.3 Å². The standard InChI is InChI=1S/C18H19BrN2O3/c1-12(13-7-3-5-9-15(13)19)21-17(22)11-24-18(23)14-8-4-6-10-16(14)20-2/h3-10,12,20H,11H2,1-2H3,(H,21,22)/t12-/m0/s1. The third kappa shape index (κ3) is 4.58. The van der Waals surface area contributed by atoms with Crippen molar-refractivity contribution < 1.29 is 14.3 Å². The van der Waals surface area contributed by atoms with Gasteiger partial charge in [-0.3, -0.25) is 4.79 Å². The highest BCUT2D eigenvalue weighted by Crippen LogP contribution is 2.22. The number of carbonyl (C=O) groups is 2. The van der Waals surface area contributed by atoms with E-state index in [1.54, 1.807) is 25.2 Å². The van der Waals surface area contributed by atoms with Crippen molar-refractivity contribution in [3.63, 3.8) is 0 Å². The van der Waals surface area contributed by atoms with E-state index in [-0.39, 0.29) is 18.6 Å². The van der Waals surface area contributed by atoms with Crippen LogP contribution >= 0.6 is 15.9 Å². The second kappa shape index (κ2) is 8.49. The molecular weight excluding hydrogens is 372 g/mol. The Morgan fingerprint density at radius 1 is 1.12 bits per heavy atom. The summed E-state index contributed by atoms with van der Waals surface area (Å²) >= 11 is 3.45. The molecule has 1 atom stereocenters. The molecule has 0 unspecified atom stereocenters. The maximum atomic E-state index is 12.1. The summed E-state index contributed by atoms with van der Waals surface area (Å²) < 4.78 is 6.01. The van der Waals surface area contributed by atoms with Crippen LogP contribution in [0.25, 0.3) is 0 Å². The molecule has 24 heavy (non-hydrogen) atoms. The predicted octanol–water partition coefficient (Wildman–Crippen LogP) is 3.53. The lowest BCUT2D eigenvalue weighted by atomic mass is 10.1. The molecule has 6 heteroatoms. The van der Waals surface area contributed by atoms with Crippen molar-refractivity contribution in [3.05, 3.63) is 64.1 Å². The molecule has 2 aromatic rings. The van der Waals surface area contributed by atoms with Crippen LogP contribution < -0.4 is 10.6 Å². The number of amides is 1. The molecule has 0 spiro atoms. The lowest BCUT2D eigenvalue weighted by molar-refractivity contribution is -0.124. The topological polar surface area (TPSA) is 67.4 Å². The van der Waals surface area contributed by atoms with Crippen molar-refractivity contribution in [2.45, 2.75) is 13.0 Å². The molecule has 126 valence electrons. The van der Waals surface area contributed by atoms with Gasteiger partial charge < -0.3 is 15.4 Å². The third-order valence-electron chi connectivity index (χ3n) is 3.50. The summed E-state index contributed by atoms with van der Waals surface area (Å²) in [6.45, 7) is 1.54. The maximum Gasteiger partial charge on any atom is 0.340 e. The lowest BCUT2D eigenvalue weighted by Gasteiger charge is -2.16. The van der Waals surface area contributed by atoms with Crippen LogP contribution in [0.3, 0.4) is 0 Å². The number of anilines is 1. The quantitative estimate of drug-likeness (QED) is 0.740. The first-order chi connectivity index (χ1) is 11.5. The van der Waals surface area contributed by atoms with Gasteiger partial charge in [-0.15, -0.1) is 0 Å². The molecular formula is C18H19BrN2O3. The highest BCUT2D eigenvalue weighted by atomic mass is 79.9. The number of halogens is 1. The van der Waals surface area contributed by atoms with Crippen LogP contribution in [0.1, 0.15) is 28.9 Å². The van der Waals surface area contributed by atoms with Crippen LogP contribution in [0.2, 0.25) is 0 Å². The molecule has 0 saturated heterocycles. The summed E-state index contributed by atoms with van der Waals surface area (Å²) in [5.41, 5.74) is 2.01. The fraction of sp³-hybridized carbons (Fsp3) is 0.222. The van der Waals surface area contributed by atoms with Crippen molar-refractivity contribution in [3.8, 4) is 0 Å². The molecule has 0 heterocycles. The summed E-state index contributed by atoms with van der Waals surface area (Å²) in [5, 5.41) is 5.73. The van der Waals surface area contributed by atoms with Crippen molar-refractivity contribution >= 4 is 33.5 Å². The zero-order valence-electron chi connectivity index (χ0n) is 13.5. The average Bonchev–Trinajstić information content (AvgIpc) is 2.59. The van der Waals surface area contributed by atoms with Gasteiger partial charge in [0.2, 0.25) is 0 Å². The van der Waals surface area contributed by atoms with Gasteiger partial charge in [0.05, 0.1) is 11.6 Å². The van der Waals surface area contributed by atoms with E-state index in [1.807, 2.05) is 37.3 Å². The summed E-state index contributed by atoms with van der Waals surface area (Å²) in [5.74, 6) is -0.891. The molecule has 5 nitrogen and oxygen atoms in total. The second-order valence-corrected chi connectivity index (χ2v) is 6.04. The first kappa shape index (κ1) is 18.0. The number of carbonyl (C=O) groups excluding carboxylic acids is 2. The number of nitrogens with one attached hydrogen (secondary N) is 2. The molecule has 0 aromatic heterocycles. The molecule has 2 rings (SSSR count). The normalized spacial score (nSPS) is 11.5. The molecule has 0 fully saturated rings. The van der Waals surface area contributed by atoms with E-state index in [1.165, 1.54) is 0 Å². The smallest absolute Gasteiger partial charge is 0.340 e. The van der Waals surface area contributed by atoms with Crippen LogP contribution in [0, 0.1) is 0 Å². The Balaban J connectivity index is 1.91. The molecule has 2 aromatic carbocycles. The number of ether oxygens (including phenoxy) is 1. The molecule has 0 bridgehead atoms. The zero-order chi connectivity index (χ0) is 17.5. The van der Waals surface area contributed by atoms with Crippen molar-refractivity contribution in [1.29, 1.82) is 0 Å². The van der Waals surface area contributed by atoms with Crippen molar-refractivity contribution in [2.75, 3.05) is 19.0 Å². The number of para-hydroxylation sites is 1. The summed E-state index contributed by atoms with van der Waals surface area (Å²) in [6, 6.07) is 14.4. The SMILES string of the molecule is CNc1ccccc1C(=O)OCC(=O)N[C@@H](C)c1ccccc1Br. The highest BCUT2D eigenvalue weighted by Gasteiger charge is 2.16. The van der Waals surface area contributed by atoms with E-state index in [4.69, 9.17) is 4.74 Å². The fourth-order valence-electron chi connectivity index (χ4n) is 2.28. The monoisotopic (exact) mass is 390 g/mol. The van der Waals surface area contributed by atoms with Crippen LogP contribution in [-0.2, 0) is 9.53 Å². The largest absolute Gasteiger partial charge is 0.452 e. The van der Waals surface area contributed by atoms with Crippen LogP contribution in [0.15, 0.2) is 53.0 Å². The second-order valence-electron chi connectivity index (χ2n) is 5.18. The average molecular weight is 391 g/mol. The van der Waals surface area contributed by atoms with Crippen molar-refractivity contribution in [1.82, 2.24) is 5.32 Å². The van der Waals surface area contributed by atoms with Crippen LogP contribution in [0.4, 0.5) is 5.69 Å². The highest BCUT2D eigenvalue weighted by molar-refractivity contribution is 9.10. The van der Waals surface area contributed by atoms with Gasteiger partial charge in [0.25, 0.3) is 5.91 Å². The number of hydrogen-bond acceptors (Lipinski definition) is 4. The predicted molar refractivity (Wildman–Crippen MR) is 97.0 cm³/mol. The van der Waals surface area contributed by atoms with E-state index in [0.717, 1.165) is 10.0 Å². The van der Waals surface area contributed by atoms with Crippen molar-refractivity contribution in [2.24, 2.45) is 0 Å². The van der Waals surface area contributed by atoms with Gasteiger partial charge >= 0.3 is 5.97 Å². The Kier molecular flexibility index (Phi) is 6.37. The minimum Gasteiger partial charge on any atom is -0.452 e. The van der Waals surface area contributed by atoms with Gasteiger partial charge in [-0.2, -0.15) is 0 Å². The molecule has 1 amide bonds. The Morgan fingerprint density at radius 2 is 1.79 bits per heavy atom. The Morgan fingerprint density at radius 3 is 2.50 bits per heavy atom. The van der Waals surface area contributed by atoms with E-state index in [2.05, 4.69) is 26.6 Å². The molecule has 0 aliphatic carbocycles. The molecule has 2 N–H and O–H groups in total. The third-order valence-corrected chi connectivity index (χ3v) is 4.22. The van der Waals surface area contributed by atoms with E-state index in [0.29, 0.717) is 11.3 Å². The summed E-state index contributed by atoms with van der Waals surface area (Å²) in [7, 11) is 1.72. The van der Waals surface area contributed by atoms with Gasteiger partial charge in [-0.25, -0.2) is 4.79 Å². The fourth-order valence-corrected chi connectivity index (χ4v) is 2.90. The molecule has 0 saturated carbocycles. The molecule has 0 aliphatic heterocycles. The first-order valence-corrected chi connectivity index (χ1v) is 8.30. The maximum absolute atomic E-state index is 12.1. The Bertz CT molecular complexity index is 734. The van der Waals surface area contributed by atoms with Gasteiger partial charge in [0.1, 0.15) is 0 Å². The van der Waals surface area contributed by atoms with Crippen LogP contribution in [-0.4, -0.2) is 25.5 Å². The summed E-state index contributed by atoms with van der Waals surface area (Å²) in [4.78, 5) is 24.1. The first-order valence-electron chi connectivity index (χ1n) is 7.50.